The predicted octanol–water partition coefficient (Wildman–Crippen LogP) is 5.03. The number of methoxy groups -OCH3 is 1. The van der Waals surface area contributed by atoms with E-state index in [2.05, 4.69) is 5.32 Å². The third-order valence-electron chi connectivity index (χ3n) is 3.37. The molecule has 0 radical (unpaired) electrons. The van der Waals surface area contributed by atoms with Gasteiger partial charge in [0.2, 0.25) is 0 Å². The van der Waals surface area contributed by atoms with E-state index < -0.39 is 0 Å². The van der Waals surface area contributed by atoms with Gasteiger partial charge < -0.3 is 14.8 Å². The molecule has 0 aromatic heterocycles. The van der Waals surface area contributed by atoms with Crippen molar-refractivity contribution in [3.05, 3.63) is 60.8 Å². The molecule has 0 saturated heterocycles. The molecule has 0 saturated carbocycles. The van der Waals surface area contributed by atoms with Gasteiger partial charge in [0.25, 0.3) is 0 Å². The lowest BCUT2D eigenvalue weighted by atomic mass is 9.91. The standard InChI is InChI=1S/C20H23NO3/c1-20(2,3)19(22)13-14-21-15-5-7-17(8-6-15)24-18-11-9-16(23-4)10-12-18/h5-14,21H,1-4H3/b14-13+. The second-order valence-electron chi connectivity index (χ2n) is 6.39. The summed E-state index contributed by atoms with van der Waals surface area (Å²) in [6, 6.07) is 14.9. The molecule has 0 aliphatic heterocycles. The second kappa shape index (κ2) is 7.68. The third kappa shape index (κ3) is 5.16. The van der Waals surface area contributed by atoms with Gasteiger partial charge in [0, 0.05) is 17.3 Å². The molecule has 0 amide bonds. The molecule has 0 aliphatic carbocycles. The summed E-state index contributed by atoms with van der Waals surface area (Å²) >= 11 is 0. The van der Waals surface area contributed by atoms with Crippen LogP contribution in [0.25, 0.3) is 0 Å². The molecular formula is C20H23NO3. The lowest BCUT2D eigenvalue weighted by Crippen LogP contribution is -2.17. The molecule has 0 bridgehead atoms. The van der Waals surface area contributed by atoms with E-state index in [-0.39, 0.29) is 11.2 Å². The number of ketones is 1. The predicted molar refractivity (Wildman–Crippen MR) is 96.7 cm³/mol. The number of hydrogen-bond acceptors (Lipinski definition) is 4. The Kier molecular flexibility index (Phi) is 5.64. The van der Waals surface area contributed by atoms with Gasteiger partial charge in [-0.05, 0) is 54.6 Å². The minimum atomic E-state index is -0.367. The maximum absolute atomic E-state index is 11.8. The van der Waals surface area contributed by atoms with Crippen LogP contribution in [0.2, 0.25) is 0 Å². The minimum absolute atomic E-state index is 0.0782. The first-order valence-corrected chi connectivity index (χ1v) is 7.78. The molecular weight excluding hydrogens is 302 g/mol. The van der Waals surface area contributed by atoms with Gasteiger partial charge >= 0.3 is 0 Å². The van der Waals surface area contributed by atoms with Crippen LogP contribution in [0.1, 0.15) is 20.8 Å². The summed E-state index contributed by atoms with van der Waals surface area (Å²) < 4.78 is 10.9. The Labute approximate surface area is 143 Å². The van der Waals surface area contributed by atoms with Crippen LogP contribution in [0.5, 0.6) is 17.2 Å². The van der Waals surface area contributed by atoms with Crippen molar-refractivity contribution in [1.29, 1.82) is 0 Å². The van der Waals surface area contributed by atoms with Crippen LogP contribution < -0.4 is 14.8 Å². The topological polar surface area (TPSA) is 47.6 Å². The molecule has 0 unspecified atom stereocenters. The van der Waals surface area contributed by atoms with Crippen LogP contribution in [-0.2, 0) is 4.79 Å². The van der Waals surface area contributed by atoms with Crippen LogP contribution in [0.15, 0.2) is 60.8 Å². The second-order valence-corrected chi connectivity index (χ2v) is 6.39. The summed E-state index contributed by atoms with van der Waals surface area (Å²) in [6.07, 6.45) is 3.22. The molecule has 0 spiro atoms. The first-order valence-electron chi connectivity index (χ1n) is 7.78. The Bertz CT molecular complexity index is 695. The molecule has 1 N–H and O–H groups in total. The van der Waals surface area contributed by atoms with E-state index in [9.17, 15) is 4.79 Å². The van der Waals surface area contributed by atoms with Gasteiger partial charge in [0.05, 0.1) is 7.11 Å². The maximum atomic E-state index is 11.8. The number of allylic oxidation sites excluding steroid dienone is 1. The van der Waals surface area contributed by atoms with Gasteiger partial charge in [-0.25, -0.2) is 0 Å². The molecule has 0 fully saturated rings. The molecule has 2 rings (SSSR count). The van der Waals surface area contributed by atoms with Crippen molar-refractivity contribution < 1.29 is 14.3 Å². The van der Waals surface area contributed by atoms with Gasteiger partial charge in [0.15, 0.2) is 5.78 Å². The highest BCUT2D eigenvalue weighted by Gasteiger charge is 2.17. The van der Waals surface area contributed by atoms with Crippen molar-refractivity contribution in [2.24, 2.45) is 5.41 Å². The van der Waals surface area contributed by atoms with E-state index in [0.717, 1.165) is 22.9 Å². The summed E-state index contributed by atoms with van der Waals surface area (Å²) in [5.41, 5.74) is 0.517. The number of rotatable bonds is 6. The van der Waals surface area contributed by atoms with E-state index in [1.807, 2.05) is 69.3 Å². The van der Waals surface area contributed by atoms with Gasteiger partial charge in [-0.2, -0.15) is 0 Å². The fourth-order valence-corrected chi connectivity index (χ4v) is 1.86. The first kappa shape index (κ1) is 17.6. The number of carbonyl (C=O) groups is 1. The normalized spacial score (nSPS) is 11.3. The summed E-state index contributed by atoms with van der Waals surface area (Å²) in [5.74, 6) is 2.35. The van der Waals surface area contributed by atoms with E-state index in [1.54, 1.807) is 19.4 Å². The Balaban J connectivity index is 1.92. The molecule has 0 aliphatic rings. The zero-order valence-corrected chi connectivity index (χ0v) is 14.5. The van der Waals surface area contributed by atoms with Gasteiger partial charge in [-0.1, -0.05) is 20.8 Å². The Morgan fingerprint density at radius 2 is 1.42 bits per heavy atom. The van der Waals surface area contributed by atoms with Crippen molar-refractivity contribution in [2.45, 2.75) is 20.8 Å². The van der Waals surface area contributed by atoms with Gasteiger partial charge in [-0.3, -0.25) is 4.79 Å². The van der Waals surface area contributed by atoms with E-state index in [1.165, 1.54) is 0 Å². The Morgan fingerprint density at radius 3 is 1.92 bits per heavy atom. The minimum Gasteiger partial charge on any atom is -0.497 e. The van der Waals surface area contributed by atoms with Crippen molar-refractivity contribution in [3.8, 4) is 17.2 Å². The molecule has 4 heteroatoms. The Morgan fingerprint density at radius 1 is 0.917 bits per heavy atom. The summed E-state index contributed by atoms with van der Waals surface area (Å²) in [5, 5.41) is 3.08. The molecule has 126 valence electrons. The molecule has 0 heterocycles. The molecule has 24 heavy (non-hydrogen) atoms. The van der Waals surface area contributed by atoms with Crippen molar-refractivity contribution >= 4 is 11.5 Å². The van der Waals surface area contributed by atoms with Gasteiger partial charge in [0.1, 0.15) is 17.2 Å². The SMILES string of the molecule is COc1ccc(Oc2ccc(N/C=C/C(=O)C(C)(C)C)cc2)cc1. The average molecular weight is 325 g/mol. The molecule has 2 aromatic carbocycles. The van der Waals surface area contributed by atoms with E-state index in [0.29, 0.717) is 0 Å². The van der Waals surface area contributed by atoms with Crippen molar-refractivity contribution in [2.75, 3.05) is 12.4 Å². The molecule has 4 nitrogen and oxygen atoms in total. The first-order chi connectivity index (χ1) is 11.4. The summed E-state index contributed by atoms with van der Waals surface area (Å²) in [6.45, 7) is 5.68. The largest absolute Gasteiger partial charge is 0.497 e. The summed E-state index contributed by atoms with van der Waals surface area (Å²) in [4.78, 5) is 11.8. The monoisotopic (exact) mass is 325 g/mol. The number of carbonyl (C=O) groups excluding carboxylic acids is 1. The van der Waals surface area contributed by atoms with Gasteiger partial charge in [-0.15, -0.1) is 0 Å². The fraction of sp³-hybridized carbons (Fsp3) is 0.250. The fourth-order valence-electron chi connectivity index (χ4n) is 1.86. The van der Waals surface area contributed by atoms with Crippen molar-refractivity contribution in [1.82, 2.24) is 0 Å². The van der Waals surface area contributed by atoms with Crippen molar-refractivity contribution in [3.63, 3.8) is 0 Å². The lowest BCUT2D eigenvalue weighted by molar-refractivity contribution is -0.121. The third-order valence-corrected chi connectivity index (χ3v) is 3.37. The number of hydrogen-bond donors (Lipinski definition) is 1. The highest BCUT2D eigenvalue weighted by Crippen LogP contribution is 2.25. The quantitative estimate of drug-likeness (QED) is 0.757. The highest BCUT2D eigenvalue weighted by molar-refractivity contribution is 5.94. The smallest absolute Gasteiger partial charge is 0.162 e. The van der Waals surface area contributed by atoms with Crippen LogP contribution >= 0.6 is 0 Å². The molecule has 0 atom stereocenters. The van der Waals surface area contributed by atoms with Crippen LogP contribution in [0.3, 0.4) is 0 Å². The van der Waals surface area contributed by atoms with E-state index >= 15 is 0 Å². The Hall–Kier alpha value is -2.75. The zero-order chi connectivity index (χ0) is 17.6. The number of benzene rings is 2. The number of ether oxygens (including phenoxy) is 2. The zero-order valence-electron chi connectivity index (χ0n) is 14.5. The van der Waals surface area contributed by atoms with E-state index in [4.69, 9.17) is 9.47 Å². The molecule has 2 aromatic rings. The number of nitrogens with one attached hydrogen (secondary N) is 1. The maximum Gasteiger partial charge on any atom is 0.162 e. The summed E-state index contributed by atoms with van der Waals surface area (Å²) in [7, 11) is 1.63. The van der Waals surface area contributed by atoms with Crippen LogP contribution in [0, 0.1) is 5.41 Å². The highest BCUT2D eigenvalue weighted by atomic mass is 16.5. The van der Waals surface area contributed by atoms with Crippen LogP contribution in [-0.4, -0.2) is 12.9 Å². The average Bonchev–Trinajstić information content (AvgIpc) is 2.56. The lowest BCUT2D eigenvalue weighted by Gasteiger charge is -2.13. The number of anilines is 1. The van der Waals surface area contributed by atoms with Crippen LogP contribution in [0.4, 0.5) is 5.69 Å².